The van der Waals surface area contributed by atoms with Gasteiger partial charge in [0.25, 0.3) is 0 Å². The lowest BCUT2D eigenvalue weighted by atomic mass is 9.91. The van der Waals surface area contributed by atoms with E-state index in [4.69, 9.17) is 15.8 Å². The van der Waals surface area contributed by atoms with E-state index in [1.54, 1.807) is 4.90 Å². The Bertz CT molecular complexity index is 1190. The molecule has 31 heavy (non-hydrogen) atoms. The molecule has 4 heterocycles. The Hall–Kier alpha value is -3.55. The second-order valence-corrected chi connectivity index (χ2v) is 8.17. The van der Waals surface area contributed by atoms with Crippen LogP contribution in [0.4, 0.5) is 5.82 Å². The van der Waals surface area contributed by atoms with Crippen LogP contribution in [0.2, 0.25) is 0 Å². The van der Waals surface area contributed by atoms with Crippen molar-refractivity contribution in [2.45, 2.75) is 37.8 Å². The fourth-order valence-corrected chi connectivity index (χ4v) is 4.58. The SMILES string of the molecule is C=CC(=O)N1CCC(n2nc(C(C)C3=NC4CC=CC=C4C=C3)c3c(N)ncnc32)C1. The molecule has 2 aliphatic heterocycles. The van der Waals surface area contributed by atoms with Crippen molar-refractivity contribution in [3.05, 3.63) is 60.6 Å². The minimum atomic E-state index is -0.0620. The van der Waals surface area contributed by atoms with Crippen molar-refractivity contribution < 1.29 is 4.79 Å². The number of aromatic nitrogens is 4. The fourth-order valence-electron chi connectivity index (χ4n) is 4.58. The molecule has 158 valence electrons. The molecule has 3 atom stereocenters. The van der Waals surface area contributed by atoms with E-state index in [1.165, 1.54) is 18.0 Å². The first kappa shape index (κ1) is 19.4. The number of nitrogen functional groups attached to an aromatic ring is 1. The molecule has 8 nitrogen and oxygen atoms in total. The lowest BCUT2D eigenvalue weighted by Crippen LogP contribution is -2.27. The largest absolute Gasteiger partial charge is 0.383 e. The summed E-state index contributed by atoms with van der Waals surface area (Å²) in [6.07, 6.45) is 15.1. The molecule has 3 unspecified atom stereocenters. The van der Waals surface area contributed by atoms with Gasteiger partial charge in [-0.3, -0.25) is 9.79 Å². The molecule has 0 saturated carbocycles. The van der Waals surface area contributed by atoms with Crippen LogP contribution in [-0.2, 0) is 4.79 Å². The number of rotatable bonds is 4. The highest BCUT2D eigenvalue weighted by atomic mass is 16.2. The standard InChI is InChI=1S/C23H25N7O/c1-3-19(31)29-11-10-16(12-29)30-23-20(22(24)25-13-26-23)21(28-30)14(2)17-9-8-15-6-4-5-7-18(15)27-17/h3-6,8-9,13-14,16,18H,1,7,10-12H2,2H3,(H2,24,25,26). The summed E-state index contributed by atoms with van der Waals surface area (Å²) in [4.78, 5) is 27.5. The van der Waals surface area contributed by atoms with E-state index in [1.807, 2.05) is 4.68 Å². The molecule has 1 saturated heterocycles. The number of fused-ring (bicyclic) bond motifs is 2. The van der Waals surface area contributed by atoms with Crippen LogP contribution in [0.3, 0.4) is 0 Å². The van der Waals surface area contributed by atoms with Crippen molar-refractivity contribution >= 4 is 28.5 Å². The number of dihydropyridines is 1. The first-order valence-electron chi connectivity index (χ1n) is 10.6. The van der Waals surface area contributed by atoms with Crippen LogP contribution in [0.1, 0.15) is 37.4 Å². The Morgan fingerprint density at radius 1 is 1.35 bits per heavy atom. The van der Waals surface area contributed by atoms with Gasteiger partial charge in [0.15, 0.2) is 5.65 Å². The number of hydrogen-bond acceptors (Lipinski definition) is 6. The molecule has 1 amide bonds. The zero-order chi connectivity index (χ0) is 21.5. The summed E-state index contributed by atoms with van der Waals surface area (Å²) in [6.45, 7) is 6.93. The van der Waals surface area contributed by atoms with Gasteiger partial charge in [-0.15, -0.1) is 0 Å². The van der Waals surface area contributed by atoms with Crippen molar-refractivity contribution in [1.82, 2.24) is 24.6 Å². The average molecular weight is 416 g/mol. The van der Waals surface area contributed by atoms with Gasteiger partial charge in [0, 0.05) is 24.7 Å². The smallest absolute Gasteiger partial charge is 0.246 e. The van der Waals surface area contributed by atoms with E-state index < -0.39 is 0 Å². The molecule has 3 aliphatic rings. The molecule has 0 radical (unpaired) electrons. The highest BCUT2D eigenvalue weighted by Crippen LogP contribution is 2.34. The van der Waals surface area contributed by atoms with E-state index in [2.05, 4.69) is 53.9 Å². The molecule has 1 fully saturated rings. The molecule has 2 N–H and O–H groups in total. The average Bonchev–Trinajstić information content (AvgIpc) is 3.43. The molecule has 1 aliphatic carbocycles. The zero-order valence-corrected chi connectivity index (χ0v) is 17.5. The topological polar surface area (TPSA) is 102 Å². The van der Waals surface area contributed by atoms with Gasteiger partial charge in [-0.2, -0.15) is 5.10 Å². The Balaban J connectivity index is 1.53. The molecule has 0 bridgehead atoms. The highest BCUT2D eigenvalue weighted by molar-refractivity contribution is 6.04. The molecule has 5 rings (SSSR count). The predicted octanol–water partition coefficient (Wildman–Crippen LogP) is 2.74. The lowest BCUT2D eigenvalue weighted by Gasteiger charge is -2.22. The maximum absolute atomic E-state index is 12.0. The number of likely N-dealkylation sites (tertiary alicyclic amines) is 1. The predicted molar refractivity (Wildman–Crippen MR) is 121 cm³/mol. The van der Waals surface area contributed by atoms with E-state index in [9.17, 15) is 4.79 Å². The van der Waals surface area contributed by atoms with Gasteiger partial charge >= 0.3 is 0 Å². The zero-order valence-electron chi connectivity index (χ0n) is 17.5. The van der Waals surface area contributed by atoms with Crippen LogP contribution >= 0.6 is 0 Å². The Morgan fingerprint density at radius 2 is 2.23 bits per heavy atom. The normalized spacial score (nSPS) is 23.5. The number of anilines is 1. The Labute approximate surface area is 180 Å². The van der Waals surface area contributed by atoms with Gasteiger partial charge in [0.1, 0.15) is 12.1 Å². The maximum Gasteiger partial charge on any atom is 0.246 e. The number of amides is 1. The number of hydrogen-bond donors (Lipinski definition) is 1. The van der Waals surface area contributed by atoms with Gasteiger partial charge in [-0.25, -0.2) is 14.6 Å². The number of allylic oxidation sites excluding steroid dienone is 3. The quantitative estimate of drug-likeness (QED) is 0.774. The monoisotopic (exact) mass is 415 g/mol. The van der Waals surface area contributed by atoms with Crippen molar-refractivity contribution in [3.63, 3.8) is 0 Å². The maximum atomic E-state index is 12.0. The summed E-state index contributed by atoms with van der Waals surface area (Å²) in [6, 6.07) is 0.186. The van der Waals surface area contributed by atoms with E-state index in [-0.39, 0.29) is 23.9 Å². The molecular formula is C23H25N7O. The molecule has 0 aromatic carbocycles. The van der Waals surface area contributed by atoms with E-state index >= 15 is 0 Å². The summed E-state index contributed by atoms with van der Waals surface area (Å²) >= 11 is 0. The minimum absolute atomic E-state index is 0.0310. The fraction of sp³-hybridized carbons (Fsp3) is 0.348. The summed E-state index contributed by atoms with van der Waals surface area (Å²) in [5, 5.41) is 5.73. The molecule has 8 heteroatoms. The second kappa shape index (κ2) is 7.61. The summed E-state index contributed by atoms with van der Waals surface area (Å²) in [5.41, 5.74) is 10.0. The van der Waals surface area contributed by atoms with Gasteiger partial charge in [0.2, 0.25) is 5.91 Å². The number of nitrogens with zero attached hydrogens (tertiary/aromatic N) is 6. The van der Waals surface area contributed by atoms with E-state index in [0.29, 0.717) is 24.6 Å². The summed E-state index contributed by atoms with van der Waals surface area (Å²) in [7, 11) is 0. The summed E-state index contributed by atoms with van der Waals surface area (Å²) in [5.74, 6) is 0.290. The number of carbonyl (C=O) groups excluding carboxylic acids is 1. The number of nitrogens with two attached hydrogens (primary N) is 1. The molecular weight excluding hydrogens is 390 g/mol. The third kappa shape index (κ3) is 3.28. The summed E-state index contributed by atoms with van der Waals surface area (Å²) < 4.78 is 1.91. The van der Waals surface area contributed by atoms with Gasteiger partial charge in [-0.05, 0) is 30.6 Å². The lowest BCUT2D eigenvalue weighted by molar-refractivity contribution is -0.125. The van der Waals surface area contributed by atoms with Crippen molar-refractivity contribution in [2.75, 3.05) is 18.8 Å². The van der Waals surface area contributed by atoms with Crippen molar-refractivity contribution in [3.8, 4) is 0 Å². The van der Waals surface area contributed by atoms with Crippen molar-refractivity contribution in [1.29, 1.82) is 0 Å². The first-order valence-corrected chi connectivity index (χ1v) is 10.6. The highest BCUT2D eigenvalue weighted by Gasteiger charge is 2.31. The molecule has 2 aromatic rings. The molecule has 0 spiro atoms. The van der Waals surface area contributed by atoms with Crippen LogP contribution in [0.25, 0.3) is 11.0 Å². The van der Waals surface area contributed by atoms with Crippen LogP contribution in [-0.4, -0.2) is 55.4 Å². The van der Waals surface area contributed by atoms with Gasteiger partial charge < -0.3 is 10.6 Å². The minimum Gasteiger partial charge on any atom is -0.383 e. The van der Waals surface area contributed by atoms with Crippen LogP contribution in [0, 0.1) is 0 Å². The van der Waals surface area contributed by atoms with Crippen LogP contribution in [0.15, 0.2) is 59.9 Å². The van der Waals surface area contributed by atoms with Crippen LogP contribution < -0.4 is 5.73 Å². The van der Waals surface area contributed by atoms with Crippen LogP contribution in [0.5, 0.6) is 0 Å². The van der Waals surface area contributed by atoms with Gasteiger partial charge in [0.05, 0.1) is 23.2 Å². The second-order valence-electron chi connectivity index (χ2n) is 8.17. The Kier molecular flexibility index (Phi) is 4.77. The number of aliphatic imine (C=N–C) groups is 1. The number of carbonyl (C=O) groups is 1. The molecule has 2 aromatic heterocycles. The third-order valence-corrected chi connectivity index (χ3v) is 6.31. The third-order valence-electron chi connectivity index (χ3n) is 6.31. The van der Waals surface area contributed by atoms with Crippen molar-refractivity contribution in [2.24, 2.45) is 4.99 Å². The van der Waals surface area contributed by atoms with Gasteiger partial charge in [-0.1, -0.05) is 37.8 Å². The first-order chi connectivity index (χ1) is 15.1. The Morgan fingerprint density at radius 3 is 3.06 bits per heavy atom. The van der Waals surface area contributed by atoms with E-state index in [0.717, 1.165) is 29.6 Å².